The number of hydrogen-bond donors (Lipinski definition) is 2. The third-order valence-corrected chi connectivity index (χ3v) is 5.48. The zero-order valence-corrected chi connectivity index (χ0v) is 17.1. The highest BCUT2D eigenvalue weighted by atomic mass is 16.1. The summed E-state index contributed by atoms with van der Waals surface area (Å²) >= 11 is 0. The van der Waals surface area contributed by atoms with Crippen molar-refractivity contribution in [3.8, 4) is 22.5 Å². The molecule has 4 heteroatoms. The molecule has 31 heavy (non-hydrogen) atoms. The minimum Gasteiger partial charge on any atom is -0.338 e. The normalized spacial score (nSPS) is 10.9. The van der Waals surface area contributed by atoms with Gasteiger partial charge in [0.1, 0.15) is 5.82 Å². The fourth-order valence-corrected chi connectivity index (χ4v) is 3.75. The molecule has 0 radical (unpaired) electrons. The van der Waals surface area contributed by atoms with Gasteiger partial charge < -0.3 is 10.3 Å². The second-order valence-electron chi connectivity index (χ2n) is 7.48. The molecular formula is C27H21N3O. The number of nitrogens with one attached hydrogen (secondary N) is 2. The van der Waals surface area contributed by atoms with Crippen molar-refractivity contribution in [2.24, 2.45) is 0 Å². The van der Waals surface area contributed by atoms with Crippen LogP contribution in [0.25, 0.3) is 33.5 Å². The maximum Gasteiger partial charge on any atom is 0.255 e. The maximum atomic E-state index is 12.9. The first-order valence-electron chi connectivity index (χ1n) is 10.2. The Morgan fingerprint density at radius 1 is 0.774 bits per heavy atom. The van der Waals surface area contributed by atoms with Crippen LogP contribution in [-0.2, 0) is 0 Å². The number of anilines is 1. The van der Waals surface area contributed by atoms with Gasteiger partial charge in [0, 0.05) is 16.8 Å². The van der Waals surface area contributed by atoms with Crippen LogP contribution in [0.5, 0.6) is 0 Å². The average molecular weight is 403 g/mol. The molecule has 150 valence electrons. The maximum absolute atomic E-state index is 12.9. The number of hydrogen-bond acceptors (Lipinski definition) is 2. The number of nitrogens with zero attached hydrogens (tertiary/aromatic N) is 1. The van der Waals surface area contributed by atoms with Gasteiger partial charge in [-0.05, 0) is 53.9 Å². The summed E-state index contributed by atoms with van der Waals surface area (Å²) in [5, 5.41) is 3.05. The van der Waals surface area contributed by atoms with Gasteiger partial charge in [0.05, 0.1) is 11.0 Å². The number of benzene rings is 4. The van der Waals surface area contributed by atoms with Crippen LogP contribution in [0.2, 0.25) is 0 Å². The number of aromatic amines is 1. The van der Waals surface area contributed by atoms with Gasteiger partial charge in [-0.25, -0.2) is 4.98 Å². The highest BCUT2D eigenvalue weighted by Crippen LogP contribution is 2.29. The first kappa shape index (κ1) is 18.8. The molecule has 5 rings (SSSR count). The van der Waals surface area contributed by atoms with Crippen molar-refractivity contribution < 1.29 is 4.79 Å². The molecule has 0 aliphatic heterocycles. The van der Waals surface area contributed by atoms with E-state index in [0.29, 0.717) is 5.56 Å². The summed E-state index contributed by atoms with van der Waals surface area (Å²) in [6.07, 6.45) is 0. The topological polar surface area (TPSA) is 57.8 Å². The molecule has 1 heterocycles. The van der Waals surface area contributed by atoms with Crippen molar-refractivity contribution in [1.82, 2.24) is 9.97 Å². The molecule has 1 amide bonds. The Kier molecular flexibility index (Phi) is 4.81. The van der Waals surface area contributed by atoms with E-state index in [1.165, 1.54) is 0 Å². The van der Waals surface area contributed by atoms with Crippen molar-refractivity contribution in [3.05, 3.63) is 108 Å². The number of rotatable bonds is 4. The molecule has 0 unspecified atom stereocenters. The van der Waals surface area contributed by atoms with E-state index in [-0.39, 0.29) is 5.91 Å². The Morgan fingerprint density at radius 3 is 2.26 bits per heavy atom. The lowest BCUT2D eigenvalue weighted by Gasteiger charge is -2.12. The molecule has 1 aromatic heterocycles. The van der Waals surface area contributed by atoms with Crippen LogP contribution in [0, 0.1) is 6.92 Å². The highest BCUT2D eigenvalue weighted by molar-refractivity contribution is 6.05. The number of carbonyl (C=O) groups is 1. The first-order chi connectivity index (χ1) is 15.2. The van der Waals surface area contributed by atoms with Gasteiger partial charge in [-0.15, -0.1) is 0 Å². The fraction of sp³-hybridized carbons (Fsp3) is 0.0370. The van der Waals surface area contributed by atoms with Crippen LogP contribution < -0.4 is 5.32 Å². The first-order valence-corrected chi connectivity index (χ1v) is 10.2. The van der Waals surface area contributed by atoms with Gasteiger partial charge in [-0.3, -0.25) is 4.79 Å². The molecule has 0 bridgehead atoms. The number of carbonyl (C=O) groups excluding carboxylic acids is 1. The number of fused-ring (bicyclic) bond motifs is 1. The summed E-state index contributed by atoms with van der Waals surface area (Å²) in [6, 6.07) is 31.6. The molecule has 0 spiro atoms. The Morgan fingerprint density at radius 2 is 1.48 bits per heavy atom. The molecule has 0 saturated heterocycles. The molecule has 4 aromatic carbocycles. The van der Waals surface area contributed by atoms with E-state index in [0.717, 1.165) is 44.8 Å². The van der Waals surface area contributed by atoms with Crippen molar-refractivity contribution >= 4 is 22.6 Å². The number of para-hydroxylation sites is 2. The number of imidazole rings is 1. The third kappa shape index (κ3) is 3.71. The van der Waals surface area contributed by atoms with Gasteiger partial charge in [0.2, 0.25) is 0 Å². The Bertz CT molecular complexity index is 1340. The van der Waals surface area contributed by atoms with E-state index >= 15 is 0 Å². The monoisotopic (exact) mass is 403 g/mol. The standard InChI is InChI=1S/C27H21N3O/c1-18-22(26-28-24-11-5-6-12-25(24)29-26)10-7-13-23(18)30-27(31)21-16-14-20(15-17-21)19-8-3-2-4-9-19/h2-17H,1H3,(H,28,29)(H,30,31). The molecule has 4 nitrogen and oxygen atoms in total. The zero-order valence-electron chi connectivity index (χ0n) is 17.1. The van der Waals surface area contributed by atoms with Crippen molar-refractivity contribution in [3.63, 3.8) is 0 Å². The van der Waals surface area contributed by atoms with Crippen LogP contribution >= 0.6 is 0 Å². The van der Waals surface area contributed by atoms with Crippen molar-refractivity contribution in [2.75, 3.05) is 5.32 Å². The Hall–Kier alpha value is -4.18. The van der Waals surface area contributed by atoms with E-state index in [4.69, 9.17) is 4.98 Å². The molecule has 0 saturated carbocycles. The van der Waals surface area contributed by atoms with Gasteiger partial charge in [-0.1, -0.05) is 66.7 Å². The lowest BCUT2D eigenvalue weighted by atomic mass is 10.0. The molecule has 0 aliphatic carbocycles. The minimum atomic E-state index is -0.135. The van der Waals surface area contributed by atoms with E-state index in [1.807, 2.05) is 91.9 Å². The summed E-state index contributed by atoms with van der Waals surface area (Å²) in [4.78, 5) is 20.9. The third-order valence-electron chi connectivity index (χ3n) is 5.48. The Balaban J connectivity index is 1.40. The average Bonchev–Trinajstić information content (AvgIpc) is 3.25. The van der Waals surface area contributed by atoms with Gasteiger partial charge >= 0.3 is 0 Å². The lowest BCUT2D eigenvalue weighted by molar-refractivity contribution is 0.102. The molecule has 0 aliphatic rings. The Labute approximate surface area is 180 Å². The van der Waals surface area contributed by atoms with Crippen molar-refractivity contribution in [2.45, 2.75) is 6.92 Å². The van der Waals surface area contributed by atoms with Crippen LogP contribution in [0.1, 0.15) is 15.9 Å². The fourth-order valence-electron chi connectivity index (χ4n) is 3.75. The van der Waals surface area contributed by atoms with Gasteiger partial charge in [-0.2, -0.15) is 0 Å². The summed E-state index contributed by atoms with van der Waals surface area (Å²) in [5.41, 5.74) is 7.45. The highest BCUT2D eigenvalue weighted by Gasteiger charge is 2.13. The molecule has 0 fully saturated rings. The predicted molar refractivity (Wildman–Crippen MR) is 126 cm³/mol. The van der Waals surface area contributed by atoms with Crippen LogP contribution in [0.3, 0.4) is 0 Å². The van der Waals surface area contributed by atoms with E-state index in [1.54, 1.807) is 0 Å². The zero-order chi connectivity index (χ0) is 21.2. The summed E-state index contributed by atoms with van der Waals surface area (Å²) in [5.74, 6) is 0.659. The van der Waals surface area contributed by atoms with Gasteiger partial charge in [0.25, 0.3) is 5.91 Å². The molecule has 2 N–H and O–H groups in total. The quantitative estimate of drug-likeness (QED) is 0.362. The van der Waals surface area contributed by atoms with E-state index < -0.39 is 0 Å². The smallest absolute Gasteiger partial charge is 0.255 e. The van der Waals surface area contributed by atoms with E-state index in [2.05, 4.69) is 22.4 Å². The molecular weight excluding hydrogens is 382 g/mol. The van der Waals surface area contributed by atoms with Crippen LogP contribution in [0.4, 0.5) is 5.69 Å². The molecule has 0 atom stereocenters. The second kappa shape index (κ2) is 7.92. The second-order valence-corrected chi connectivity index (χ2v) is 7.48. The van der Waals surface area contributed by atoms with Crippen LogP contribution in [0.15, 0.2) is 97.1 Å². The number of amides is 1. The van der Waals surface area contributed by atoms with Crippen molar-refractivity contribution in [1.29, 1.82) is 0 Å². The number of H-pyrrole nitrogens is 1. The summed E-state index contributed by atoms with van der Waals surface area (Å²) < 4.78 is 0. The lowest BCUT2D eigenvalue weighted by Crippen LogP contribution is -2.13. The number of aromatic nitrogens is 2. The minimum absolute atomic E-state index is 0.135. The van der Waals surface area contributed by atoms with Gasteiger partial charge in [0.15, 0.2) is 0 Å². The summed E-state index contributed by atoms with van der Waals surface area (Å²) in [7, 11) is 0. The largest absolute Gasteiger partial charge is 0.338 e. The SMILES string of the molecule is Cc1c(NC(=O)c2ccc(-c3ccccc3)cc2)cccc1-c1nc2ccccc2[nH]1. The van der Waals surface area contributed by atoms with E-state index in [9.17, 15) is 4.79 Å². The summed E-state index contributed by atoms with van der Waals surface area (Å²) in [6.45, 7) is 2.00. The molecule has 5 aromatic rings. The van der Waals surface area contributed by atoms with Crippen LogP contribution in [-0.4, -0.2) is 15.9 Å². The predicted octanol–water partition coefficient (Wildman–Crippen LogP) is 6.46.